The lowest BCUT2D eigenvalue weighted by Crippen LogP contribution is -2.40. The van der Waals surface area contributed by atoms with E-state index in [0.29, 0.717) is 12.1 Å². The Kier molecular flexibility index (Phi) is 4.41. The third-order valence-electron chi connectivity index (χ3n) is 2.48. The molecule has 0 unspecified atom stereocenters. The lowest BCUT2D eigenvalue weighted by molar-refractivity contribution is 0.448. The fraction of sp³-hybridized carbons (Fsp3) is 0.385. The van der Waals surface area contributed by atoms with E-state index in [2.05, 4.69) is 31.1 Å². The predicted molar refractivity (Wildman–Crippen MR) is 63.2 cm³/mol. The van der Waals surface area contributed by atoms with Crippen LogP contribution >= 0.6 is 0 Å². The Hall–Kier alpha value is -1.08. The highest BCUT2D eigenvalue weighted by Crippen LogP contribution is 2.18. The molecule has 0 radical (unpaired) electrons. The van der Waals surface area contributed by atoms with E-state index in [0.717, 1.165) is 19.3 Å². The summed E-state index contributed by atoms with van der Waals surface area (Å²) in [7, 11) is 0. The fourth-order valence-corrected chi connectivity index (χ4v) is 1.84. The van der Waals surface area contributed by atoms with Gasteiger partial charge in [0.05, 0.1) is 0 Å². The van der Waals surface area contributed by atoms with Gasteiger partial charge in [0.25, 0.3) is 0 Å². The standard InChI is InChI=1S/C13H19N/c1-4-7-12-9-11(6-3)10-13(14-12)8-5-2/h4-6,9,12-14H,1-3,7-8,10H2/t12-,13-/m0/s1. The van der Waals surface area contributed by atoms with E-state index in [1.807, 2.05) is 18.2 Å². The molecule has 0 saturated heterocycles. The zero-order valence-electron chi connectivity index (χ0n) is 8.71. The lowest BCUT2D eigenvalue weighted by Gasteiger charge is -2.28. The molecule has 0 amide bonds. The van der Waals surface area contributed by atoms with Crippen molar-refractivity contribution in [3.05, 3.63) is 49.6 Å². The van der Waals surface area contributed by atoms with Gasteiger partial charge in [-0.2, -0.15) is 0 Å². The molecule has 1 rings (SSSR count). The first-order valence-electron chi connectivity index (χ1n) is 5.11. The first-order valence-corrected chi connectivity index (χ1v) is 5.11. The number of hydrogen-bond acceptors (Lipinski definition) is 1. The topological polar surface area (TPSA) is 12.0 Å². The van der Waals surface area contributed by atoms with Crippen LogP contribution in [-0.2, 0) is 0 Å². The summed E-state index contributed by atoms with van der Waals surface area (Å²) in [4.78, 5) is 0. The number of rotatable bonds is 5. The van der Waals surface area contributed by atoms with Crippen molar-refractivity contribution in [3.63, 3.8) is 0 Å². The summed E-state index contributed by atoms with van der Waals surface area (Å²) in [5.74, 6) is 0. The molecule has 1 aliphatic heterocycles. The summed E-state index contributed by atoms with van der Waals surface area (Å²) in [5.41, 5.74) is 1.34. The van der Waals surface area contributed by atoms with Gasteiger partial charge in [0.15, 0.2) is 0 Å². The zero-order chi connectivity index (χ0) is 10.4. The molecular weight excluding hydrogens is 170 g/mol. The van der Waals surface area contributed by atoms with Crippen molar-refractivity contribution in [1.29, 1.82) is 0 Å². The minimum Gasteiger partial charge on any atom is -0.307 e. The number of hydrogen-bond donors (Lipinski definition) is 1. The highest BCUT2D eigenvalue weighted by atomic mass is 15.0. The van der Waals surface area contributed by atoms with E-state index in [9.17, 15) is 0 Å². The normalized spacial score (nSPS) is 26.4. The molecule has 1 N–H and O–H groups in total. The maximum absolute atomic E-state index is 3.83. The summed E-state index contributed by atoms with van der Waals surface area (Å²) < 4.78 is 0. The van der Waals surface area contributed by atoms with Gasteiger partial charge in [-0.25, -0.2) is 0 Å². The molecule has 0 aromatic rings. The second-order valence-corrected chi connectivity index (χ2v) is 3.67. The van der Waals surface area contributed by atoms with Gasteiger partial charge in [-0.05, 0) is 24.8 Å². The fourth-order valence-electron chi connectivity index (χ4n) is 1.84. The Morgan fingerprint density at radius 3 is 2.57 bits per heavy atom. The smallest absolute Gasteiger partial charge is 0.0292 e. The summed E-state index contributed by atoms with van der Waals surface area (Å²) >= 11 is 0. The summed E-state index contributed by atoms with van der Waals surface area (Å²) in [6.45, 7) is 11.4. The van der Waals surface area contributed by atoms with E-state index in [4.69, 9.17) is 0 Å². The Balaban J connectivity index is 2.64. The monoisotopic (exact) mass is 189 g/mol. The molecule has 0 fully saturated rings. The molecule has 1 heteroatoms. The molecule has 2 atom stereocenters. The van der Waals surface area contributed by atoms with Crippen LogP contribution in [0, 0.1) is 0 Å². The van der Waals surface area contributed by atoms with E-state index in [1.54, 1.807) is 0 Å². The van der Waals surface area contributed by atoms with Gasteiger partial charge in [-0.15, -0.1) is 13.2 Å². The van der Waals surface area contributed by atoms with Crippen LogP contribution in [0.2, 0.25) is 0 Å². The Morgan fingerprint density at radius 2 is 2.00 bits per heavy atom. The van der Waals surface area contributed by atoms with Gasteiger partial charge in [-0.1, -0.05) is 30.9 Å². The molecule has 14 heavy (non-hydrogen) atoms. The van der Waals surface area contributed by atoms with Crippen LogP contribution in [0.15, 0.2) is 49.6 Å². The van der Waals surface area contributed by atoms with Gasteiger partial charge in [0.1, 0.15) is 0 Å². The van der Waals surface area contributed by atoms with Crippen LogP contribution in [-0.4, -0.2) is 12.1 Å². The maximum atomic E-state index is 3.83. The Morgan fingerprint density at radius 1 is 1.29 bits per heavy atom. The summed E-state index contributed by atoms with van der Waals surface area (Å²) in [6, 6.07) is 0.926. The minimum atomic E-state index is 0.416. The van der Waals surface area contributed by atoms with Crippen LogP contribution in [0.1, 0.15) is 19.3 Å². The van der Waals surface area contributed by atoms with Crippen molar-refractivity contribution in [2.45, 2.75) is 31.3 Å². The highest BCUT2D eigenvalue weighted by Gasteiger charge is 2.17. The van der Waals surface area contributed by atoms with Gasteiger partial charge in [-0.3, -0.25) is 0 Å². The van der Waals surface area contributed by atoms with Gasteiger partial charge < -0.3 is 5.32 Å². The molecule has 1 nitrogen and oxygen atoms in total. The highest BCUT2D eigenvalue weighted by molar-refractivity contribution is 5.23. The van der Waals surface area contributed by atoms with E-state index < -0.39 is 0 Å². The molecule has 0 spiro atoms. The van der Waals surface area contributed by atoms with Gasteiger partial charge >= 0.3 is 0 Å². The third kappa shape index (κ3) is 3.00. The van der Waals surface area contributed by atoms with E-state index >= 15 is 0 Å². The predicted octanol–water partition coefficient (Wildman–Crippen LogP) is 2.98. The Labute approximate surface area is 86.9 Å². The maximum Gasteiger partial charge on any atom is 0.0292 e. The average Bonchev–Trinajstić information content (AvgIpc) is 2.18. The van der Waals surface area contributed by atoms with Gasteiger partial charge in [0, 0.05) is 12.1 Å². The van der Waals surface area contributed by atoms with Gasteiger partial charge in [0.2, 0.25) is 0 Å². The quantitative estimate of drug-likeness (QED) is 0.656. The van der Waals surface area contributed by atoms with Crippen LogP contribution in [0.25, 0.3) is 0 Å². The number of allylic oxidation sites excluding steroid dienone is 1. The summed E-state index contributed by atoms with van der Waals surface area (Å²) in [5, 5.41) is 3.55. The molecule has 0 bridgehead atoms. The first-order chi connectivity index (χ1) is 6.80. The van der Waals surface area contributed by atoms with Crippen LogP contribution in [0.4, 0.5) is 0 Å². The second-order valence-electron chi connectivity index (χ2n) is 3.67. The lowest BCUT2D eigenvalue weighted by atomic mass is 9.94. The molecule has 1 heterocycles. The molecule has 0 aromatic heterocycles. The Bertz CT molecular complexity index is 250. The molecule has 76 valence electrons. The average molecular weight is 189 g/mol. The van der Waals surface area contributed by atoms with Crippen LogP contribution in [0.3, 0.4) is 0 Å². The van der Waals surface area contributed by atoms with E-state index in [1.165, 1.54) is 5.57 Å². The minimum absolute atomic E-state index is 0.416. The summed E-state index contributed by atoms with van der Waals surface area (Å²) in [6.07, 6.45) is 11.2. The molecule has 0 aromatic carbocycles. The van der Waals surface area contributed by atoms with Crippen LogP contribution < -0.4 is 5.32 Å². The van der Waals surface area contributed by atoms with Crippen molar-refractivity contribution < 1.29 is 0 Å². The van der Waals surface area contributed by atoms with E-state index in [-0.39, 0.29) is 0 Å². The first kappa shape index (κ1) is 11.0. The largest absolute Gasteiger partial charge is 0.307 e. The molecule has 1 aliphatic rings. The van der Waals surface area contributed by atoms with Crippen molar-refractivity contribution in [1.82, 2.24) is 5.32 Å². The zero-order valence-corrected chi connectivity index (χ0v) is 8.71. The molecular formula is C13H19N. The van der Waals surface area contributed by atoms with Crippen molar-refractivity contribution >= 4 is 0 Å². The second kappa shape index (κ2) is 5.61. The van der Waals surface area contributed by atoms with Crippen molar-refractivity contribution in [3.8, 4) is 0 Å². The van der Waals surface area contributed by atoms with Crippen molar-refractivity contribution in [2.75, 3.05) is 0 Å². The SMILES string of the molecule is C=CC[C@H]1CC(C=C)=C[C@H](CC=C)N1. The van der Waals surface area contributed by atoms with Crippen molar-refractivity contribution in [2.24, 2.45) is 0 Å². The number of nitrogens with one attached hydrogen (secondary N) is 1. The third-order valence-corrected chi connectivity index (χ3v) is 2.48. The molecule has 0 saturated carbocycles. The molecule has 0 aliphatic carbocycles. The van der Waals surface area contributed by atoms with Crippen LogP contribution in [0.5, 0.6) is 0 Å².